The molecule has 0 heterocycles. The van der Waals surface area contributed by atoms with Gasteiger partial charge in [-0.1, -0.05) is 26.0 Å². The standard InChI is InChI=1S/C13H20O2/c1-9(2)12-8-11(5-4-6-14)7-10(3)13(12)15/h7-9,14-15H,4-6H2,1-3H3. The molecule has 0 radical (unpaired) electrons. The number of phenols is 1. The summed E-state index contributed by atoms with van der Waals surface area (Å²) in [6, 6.07) is 4.04. The van der Waals surface area contributed by atoms with Gasteiger partial charge in [-0.25, -0.2) is 0 Å². The average molecular weight is 208 g/mol. The largest absolute Gasteiger partial charge is 0.507 e. The second kappa shape index (κ2) is 5.17. The maximum Gasteiger partial charge on any atom is 0.121 e. The Kier molecular flexibility index (Phi) is 4.15. The second-order valence-corrected chi connectivity index (χ2v) is 4.33. The van der Waals surface area contributed by atoms with E-state index in [0.717, 1.165) is 24.0 Å². The minimum Gasteiger partial charge on any atom is -0.507 e. The predicted molar refractivity (Wildman–Crippen MR) is 62.3 cm³/mol. The molecule has 0 aliphatic rings. The fraction of sp³-hybridized carbons (Fsp3) is 0.538. The highest BCUT2D eigenvalue weighted by Crippen LogP contribution is 2.30. The topological polar surface area (TPSA) is 40.5 Å². The monoisotopic (exact) mass is 208 g/mol. The minimum absolute atomic E-state index is 0.219. The van der Waals surface area contributed by atoms with Crippen LogP contribution in [0.5, 0.6) is 5.75 Å². The molecule has 1 aromatic carbocycles. The number of aromatic hydroxyl groups is 1. The van der Waals surface area contributed by atoms with Crippen molar-refractivity contribution in [3.8, 4) is 5.75 Å². The van der Waals surface area contributed by atoms with Crippen LogP contribution >= 0.6 is 0 Å². The first-order valence-corrected chi connectivity index (χ1v) is 5.49. The van der Waals surface area contributed by atoms with Gasteiger partial charge in [0.05, 0.1) is 0 Å². The fourth-order valence-corrected chi connectivity index (χ4v) is 1.75. The van der Waals surface area contributed by atoms with E-state index < -0.39 is 0 Å². The first-order chi connectivity index (χ1) is 7.06. The van der Waals surface area contributed by atoms with Crippen LogP contribution in [0.3, 0.4) is 0 Å². The number of phenolic OH excluding ortho intramolecular Hbond substituents is 1. The predicted octanol–water partition coefficient (Wildman–Crippen LogP) is 2.75. The summed E-state index contributed by atoms with van der Waals surface area (Å²) in [5.74, 6) is 0.746. The van der Waals surface area contributed by atoms with Crippen molar-refractivity contribution in [3.63, 3.8) is 0 Å². The van der Waals surface area contributed by atoms with Gasteiger partial charge in [0.2, 0.25) is 0 Å². The van der Waals surface area contributed by atoms with E-state index in [4.69, 9.17) is 5.11 Å². The van der Waals surface area contributed by atoms with E-state index in [1.807, 2.05) is 19.1 Å². The van der Waals surface area contributed by atoms with E-state index in [2.05, 4.69) is 13.8 Å². The Hall–Kier alpha value is -1.02. The molecular formula is C13H20O2. The van der Waals surface area contributed by atoms with Crippen molar-refractivity contribution >= 4 is 0 Å². The van der Waals surface area contributed by atoms with E-state index in [1.54, 1.807) is 0 Å². The third-order valence-corrected chi connectivity index (χ3v) is 2.64. The molecule has 15 heavy (non-hydrogen) atoms. The van der Waals surface area contributed by atoms with Gasteiger partial charge in [0.1, 0.15) is 5.75 Å². The van der Waals surface area contributed by atoms with E-state index >= 15 is 0 Å². The SMILES string of the molecule is Cc1cc(CCCO)cc(C(C)C)c1O. The molecule has 0 aromatic heterocycles. The summed E-state index contributed by atoms with van der Waals surface area (Å²) in [5, 5.41) is 18.6. The fourth-order valence-electron chi connectivity index (χ4n) is 1.75. The lowest BCUT2D eigenvalue weighted by Gasteiger charge is -2.13. The van der Waals surface area contributed by atoms with Crippen LogP contribution in [-0.2, 0) is 6.42 Å². The molecule has 0 aliphatic heterocycles. The first kappa shape index (κ1) is 12.1. The Balaban J connectivity index is 3.00. The van der Waals surface area contributed by atoms with Crippen molar-refractivity contribution in [2.75, 3.05) is 6.61 Å². The summed E-state index contributed by atoms with van der Waals surface area (Å²) in [6.07, 6.45) is 1.65. The van der Waals surface area contributed by atoms with Crippen LogP contribution < -0.4 is 0 Å². The van der Waals surface area contributed by atoms with Crippen LogP contribution in [0.2, 0.25) is 0 Å². The van der Waals surface area contributed by atoms with Gasteiger partial charge in [-0.2, -0.15) is 0 Å². The Morgan fingerprint density at radius 2 is 1.93 bits per heavy atom. The molecule has 2 N–H and O–H groups in total. The molecule has 0 atom stereocenters. The normalized spacial score (nSPS) is 11.0. The van der Waals surface area contributed by atoms with Crippen LogP contribution in [0.15, 0.2) is 12.1 Å². The third-order valence-electron chi connectivity index (χ3n) is 2.64. The Bertz CT molecular complexity index is 330. The molecule has 2 nitrogen and oxygen atoms in total. The zero-order chi connectivity index (χ0) is 11.4. The summed E-state index contributed by atoms with van der Waals surface area (Å²) >= 11 is 0. The molecule has 2 heteroatoms. The summed E-state index contributed by atoms with van der Waals surface area (Å²) in [7, 11) is 0. The zero-order valence-electron chi connectivity index (χ0n) is 9.75. The first-order valence-electron chi connectivity index (χ1n) is 5.49. The lowest BCUT2D eigenvalue weighted by Crippen LogP contribution is -1.96. The van der Waals surface area contributed by atoms with Gasteiger partial charge < -0.3 is 10.2 Å². The van der Waals surface area contributed by atoms with Crippen molar-refractivity contribution in [1.82, 2.24) is 0 Å². The number of benzene rings is 1. The maximum absolute atomic E-state index is 9.87. The van der Waals surface area contributed by atoms with E-state index in [-0.39, 0.29) is 6.61 Å². The zero-order valence-corrected chi connectivity index (χ0v) is 9.75. The third kappa shape index (κ3) is 2.96. The van der Waals surface area contributed by atoms with Crippen LogP contribution in [0.4, 0.5) is 0 Å². The van der Waals surface area contributed by atoms with Gasteiger partial charge in [-0.15, -0.1) is 0 Å². The highest BCUT2D eigenvalue weighted by Gasteiger charge is 2.09. The number of aliphatic hydroxyl groups is 1. The van der Waals surface area contributed by atoms with E-state index in [9.17, 15) is 5.11 Å². The molecule has 0 fully saturated rings. The Labute approximate surface area is 91.6 Å². The summed E-state index contributed by atoms with van der Waals surface area (Å²) in [4.78, 5) is 0. The summed E-state index contributed by atoms with van der Waals surface area (Å²) < 4.78 is 0. The Morgan fingerprint density at radius 3 is 2.47 bits per heavy atom. The molecule has 0 bridgehead atoms. The molecule has 0 spiro atoms. The molecule has 84 valence electrons. The quantitative estimate of drug-likeness (QED) is 0.798. The minimum atomic E-state index is 0.219. The second-order valence-electron chi connectivity index (χ2n) is 4.33. The summed E-state index contributed by atoms with van der Waals surface area (Å²) in [6.45, 7) is 6.29. The number of hydrogen-bond donors (Lipinski definition) is 2. The number of rotatable bonds is 4. The van der Waals surface area contributed by atoms with Gasteiger partial charge in [-0.3, -0.25) is 0 Å². The van der Waals surface area contributed by atoms with E-state index in [0.29, 0.717) is 11.7 Å². The molecule has 0 amide bonds. The van der Waals surface area contributed by atoms with Crippen LogP contribution in [0.1, 0.15) is 42.9 Å². The molecule has 0 saturated heterocycles. The number of hydrogen-bond acceptors (Lipinski definition) is 2. The molecule has 1 aromatic rings. The molecule has 1 rings (SSSR count). The van der Waals surface area contributed by atoms with Crippen molar-refractivity contribution in [1.29, 1.82) is 0 Å². The maximum atomic E-state index is 9.87. The van der Waals surface area contributed by atoms with Crippen LogP contribution in [0, 0.1) is 6.92 Å². The number of aryl methyl sites for hydroxylation is 2. The van der Waals surface area contributed by atoms with Gasteiger partial charge in [0, 0.05) is 6.61 Å². The van der Waals surface area contributed by atoms with E-state index in [1.165, 1.54) is 5.56 Å². The average Bonchev–Trinajstić information content (AvgIpc) is 2.19. The van der Waals surface area contributed by atoms with Gasteiger partial charge in [0.25, 0.3) is 0 Å². The van der Waals surface area contributed by atoms with Gasteiger partial charge in [-0.05, 0) is 42.4 Å². The highest BCUT2D eigenvalue weighted by molar-refractivity contribution is 5.44. The van der Waals surface area contributed by atoms with Crippen LogP contribution in [0.25, 0.3) is 0 Å². The van der Waals surface area contributed by atoms with Crippen molar-refractivity contribution < 1.29 is 10.2 Å². The number of aliphatic hydroxyl groups excluding tert-OH is 1. The van der Waals surface area contributed by atoms with Gasteiger partial charge in [0.15, 0.2) is 0 Å². The van der Waals surface area contributed by atoms with Crippen molar-refractivity contribution in [2.45, 2.75) is 39.5 Å². The van der Waals surface area contributed by atoms with Gasteiger partial charge >= 0.3 is 0 Å². The molecular weight excluding hydrogens is 188 g/mol. The van der Waals surface area contributed by atoms with Crippen molar-refractivity contribution in [3.05, 3.63) is 28.8 Å². The lowest BCUT2D eigenvalue weighted by molar-refractivity contribution is 0.288. The Morgan fingerprint density at radius 1 is 1.27 bits per heavy atom. The van der Waals surface area contributed by atoms with Crippen LogP contribution in [-0.4, -0.2) is 16.8 Å². The molecule has 0 saturated carbocycles. The molecule has 0 aliphatic carbocycles. The highest BCUT2D eigenvalue weighted by atomic mass is 16.3. The van der Waals surface area contributed by atoms with Crippen molar-refractivity contribution in [2.24, 2.45) is 0 Å². The molecule has 0 unspecified atom stereocenters. The lowest BCUT2D eigenvalue weighted by atomic mass is 9.95. The smallest absolute Gasteiger partial charge is 0.121 e. The summed E-state index contributed by atoms with van der Waals surface area (Å²) in [5.41, 5.74) is 3.13.